The number of piperidine rings is 1. The molecule has 1 aliphatic carbocycles. The van der Waals surface area contributed by atoms with Gasteiger partial charge in [-0.3, -0.25) is 14.5 Å². The van der Waals surface area contributed by atoms with Crippen molar-refractivity contribution in [2.24, 2.45) is 15.4 Å². The van der Waals surface area contributed by atoms with Gasteiger partial charge >= 0.3 is 0 Å². The third-order valence-corrected chi connectivity index (χ3v) is 12.0. The van der Waals surface area contributed by atoms with E-state index in [0.29, 0.717) is 85.4 Å². The number of methoxy groups -OCH3 is 2. The number of likely N-dealkylation sites (tertiary alicyclic amines) is 1. The average Bonchev–Trinajstić information content (AvgIpc) is 3.81. The lowest BCUT2D eigenvalue weighted by Gasteiger charge is -2.30. The Kier molecular flexibility index (Phi) is 12.7. The SMILES string of the molecule is COc1nc(-c2cccc(-c3cccc4c3CC[C@@H]4Oc3nc(OC)c(CN4CCC(C(=O)N=S(C)(N)=O)CC4)cc3Cl)c2Cl)ccc1CNC[C@@H]1CCC(=O)N1. The zero-order valence-corrected chi connectivity index (χ0v) is 34.5. The minimum atomic E-state index is -2.97. The van der Waals surface area contributed by atoms with Crippen LogP contribution in [0, 0.1) is 5.92 Å². The highest BCUT2D eigenvalue weighted by Crippen LogP contribution is 2.45. The van der Waals surface area contributed by atoms with Crippen LogP contribution in [0.2, 0.25) is 10.0 Å². The number of fused-ring (bicyclic) bond motifs is 1. The highest BCUT2D eigenvalue weighted by Gasteiger charge is 2.30. The predicted octanol–water partition coefficient (Wildman–Crippen LogP) is 6.28. The van der Waals surface area contributed by atoms with Gasteiger partial charge < -0.3 is 24.8 Å². The zero-order valence-electron chi connectivity index (χ0n) is 32.2. The van der Waals surface area contributed by atoms with E-state index in [9.17, 15) is 13.8 Å². The maximum absolute atomic E-state index is 12.4. The molecule has 16 heteroatoms. The molecule has 2 saturated heterocycles. The Labute approximate surface area is 343 Å². The molecule has 0 spiro atoms. The van der Waals surface area contributed by atoms with Crippen molar-refractivity contribution in [2.75, 3.05) is 40.1 Å². The summed E-state index contributed by atoms with van der Waals surface area (Å²) in [6, 6.07) is 18.0. The predicted molar refractivity (Wildman–Crippen MR) is 221 cm³/mol. The molecule has 302 valence electrons. The molecule has 2 aromatic carbocycles. The summed E-state index contributed by atoms with van der Waals surface area (Å²) in [4.78, 5) is 35.7. The van der Waals surface area contributed by atoms with E-state index in [0.717, 1.165) is 58.2 Å². The van der Waals surface area contributed by atoms with Gasteiger partial charge in [-0.1, -0.05) is 65.7 Å². The van der Waals surface area contributed by atoms with Crippen molar-refractivity contribution in [3.63, 3.8) is 0 Å². The lowest BCUT2D eigenvalue weighted by Crippen LogP contribution is -2.36. The number of amides is 2. The smallest absolute Gasteiger partial charge is 0.257 e. The topological polar surface area (TPSA) is 170 Å². The fourth-order valence-corrected chi connectivity index (χ4v) is 8.95. The first-order valence-electron chi connectivity index (χ1n) is 19.0. The van der Waals surface area contributed by atoms with Gasteiger partial charge in [0.25, 0.3) is 5.91 Å². The minimum Gasteiger partial charge on any atom is -0.481 e. The summed E-state index contributed by atoms with van der Waals surface area (Å²) >= 11 is 14.0. The molecule has 7 rings (SSSR count). The van der Waals surface area contributed by atoms with Crippen molar-refractivity contribution in [2.45, 2.75) is 63.8 Å². The van der Waals surface area contributed by atoms with E-state index in [2.05, 4.69) is 32.0 Å². The summed E-state index contributed by atoms with van der Waals surface area (Å²) in [7, 11) is 0.201. The number of rotatable bonds is 13. The number of carbonyl (C=O) groups is 2. The lowest BCUT2D eigenvalue weighted by molar-refractivity contribution is -0.123. The van der Waals surface area contributed by atoms with Crippen LogP contribution in [0.3, 0.4) is 0 Å². The molecule has 3 aliphatic rings. The van der Waals surface area contributed by atoms with E-state index in [1.807, 2.05) is 42.5 Å². The Balaban J connectivity index is 1.04. The van der Waals surface area contributed by atoms with Crippen molar-refractivity contribution in [1.82, 2.24) is 25.5 Å². The zero-order chi connectivity index (χ0) is 40.3. The highest BCUT2D eigenvalue weighted by atomic mass is 35.5. The highest BCUT2D eigenvalue weighted by molar-refractivity contribution is 7.91. The van der Waals surface area contributed by atoms with Gasteiger partial charge in [0.1, 0.15) is 21.0 Å². The summed E-state index contributed by atoms with van der Waals surface area (Å²) in [6.45, 7) is 3.04. The number of nitrogens with zero attached hydrogens (tertiary/aromatic N) is 4. The van der Waals surface area contributed by atoms with Crippen LogP contribution in [0.1, 0.15) is 60.5 Å². The van der Waals surface area contributed by atoms with Crippen molar-refractivity contribution in [3.8, 4) is 40.0 Å². The van der Waals surface area contributed by atoms with Crippen LogP contribution in [0.5, 0.6) is 17.6 Å². The van der Waals surface area contributed by atoms with Crippen LogP contribution in [0.25, 0.3) is 22.4 Å². The Bertz CT molecular complexity index is 2290. The quantitative estimate of drug-likeness (QED) is 0.139. The van der Waals surface area contributed by atoms with Crippen LogP contribution in [-0.4, -0.2) is 77.0 Å². The van der Waals surface area contributed by atoms with Gasteiger partial charge in [0, 0.05) is 66.5 Å². The molecule has 2 aliphatic heterocycles. The second-order valence-corrected chi connectivity index (χ2v) is 17.5. The largest absolute Gasteiger partial charge is 0.481 e. The number of nitrogens with one attached hydrogen (secondary N) is 2. The third-order valence-electron chi connectivity index (χ3n) is 10.7. The van der Waals surface area contributed by atoms with Crippen LogP contribution < -0.4 is 30.0 Å². The van der Waals surface area contributed by atoms with E-state index in [1.54, 1.807) is 14.2 Å². The first kappa shape index (κ1) is 40.9. The Morgan fingerprint density at radius 3 is 2.39 bits per heavy atom. The van der Waals surface area contributed by atoms with Gasteiger partial charge in [-0.15, -0.1) is 4.36 Å². The van der Waals surface area contributed by atoms with Gasteiger partial charge in [-0.25, -0.2) is 14.3 Å². The number of aromatic nitrogens is 2. The molecule has 2 fully saturated rings. The summed E-state index contributed by atoms with van der Waals surface area (Å²) in [5.41, 5.74) is 7.31. The summed E-state index contributed by atoms with van der Waals surface area (Å²) in [6.07, 6.45) is 5.04. The van der Waals surface area contributed by atoms with Gasteiger partial charge in [0.2, 0.25) is 23.5 Å². The second kappa shape index (κ2) is 17.7. The molecule has 0 bridgehead atoms. The number of hydrogen-bond donors (Lipinski definition) is 3. The number of pyridine rings is 2. The fourth-order valence-electron chi connectivity index (χ4n) is 7.90. The maximum Gasteiger partial charge on any atom is 0.257 e. The van der Waals surface area contributed by atoms with Gasteiger partial charge in [0.05, 0.1) is 24.9 Å². The maximum atomic E-state index is 12.4. The van der Waals surface area contributed by atoms with Crippen LogP contribution in [-0.2, 0) is 39.0 Å². The first-order valence-corrected chi connectivity index (χ1v) is 21.8. The molecule has 4 aromatic rings. The van der Waals surface area contributed by atoms with Gasteiger partial charge in [-0.05, 0) is 74.0 Å². The lowest BCUT2D eigenvalue weighted by atomic mass is 9.94. The van der Waals surface area contributed by atoms with Crippen molar-refractivity contribution in [3.05, 3.63) is 86.9 Å². The van der Waals surface area contributed by atoms with E-state index in [-0.39, 0.29) is 24.0 Å². The van der Waals surface area contributed by atoms with Crippen molar-refractivity contribution < 1.29 is 28.0 Å². The van der Waals surface area contributed by atoms with Crippen molar-refractivity contribution in [1.29, 1.82) is 0 Å². The summed E-state index contributed by atoms with van der Waals surface area (Å²) in [5.74, 6) is 0.619. The first-order chi connectivity index (χ1) is 27.4. The molecule has 3 atom stereocenters. The summed E-state index contributed by atoms with van der Waals surface area (Å²) < 4.78 is 33.3. The Hall–Kier alpha value is -4.31. The van der Waals surface area contributed by atoms with Gasteiger partial charge in [-0.2, -0.15) is 4.98 Å². The Morgan fingerprint density at radius 1 is 0.947 bits per heavy atom. The molecule has 0 radical (unpaired) electrons. The molecule has 4 N–H and O–H groups in total. The molecule has 2 amide bonds. The normalized spacial score (nSPS) is 19.4. The number of benzene rings is 2. The average molecular weight is 837 g/mol. The standard InChI is InChI=1S/C41H47Cl2N7O6S/c1-54-39-25(21-45-22-27-11-15-36(51)46-27)10-13-34(47-39)32-9-5-8-31(37(32)43)28-6-4-7-30-29(28)12-14-35(30)56-41-33(42)20-26(40(48-41)55-2)23-50-18-16-24(17-19-50)38(52)49-57(3,44)53/h4-10,13,20,24,27,35,45H,11-12,14-19,21-23H2,1-3H3,(H,46,51)(H2,44,49,52,53)/t27-,35-,57?/m0/s1. The Morgan fingerprint density at radius 2 is 1.67 bits per heavy atom. The van der Waals surface area contributed by atoms with Crippen LogP contribution in [0.4, 0.5) is 0 Å². The molecule has 57 heavy (non-hydrogen) atoms. The minimum absolute atomic E-state index is 0.0963. The molecule has 4 heterocycles. The molecule has 1 unspecified atom stereocenters. The molecule has 13 nitrogen and oxygen atoms in total. The third kappa shape index (κ3) is 9.54. The van der Waals surface area contributed by atoms with Gasteiger partial charge in [0.15, 0.2) is 0 Å². The van der Waals surface area contributed by atoms with E-state index in [1.165, 1.54) is 6.26 Å². The van der Waals surface area contributed by atoms with E-state index in [4.69, 9.17) is 52.5 Å². The molecular weight excluding hydrogens is 789 g/mol. The molecular formula is C41H47Cl2N7O6S. The van der Waals surface area contributed by atoms with Crippen molar-refractivity contribution >= 4 is 44.9 Å². The molecule has 0 saturated carbocycles. The molecule has 2 aromatic heterocycles. The number of halogens is 2. The fraction of sp³-hybridized carbons (Fsp3) is 0.415. The number of hydrogen-bond acceptors (Lipinski definition) is 10. The van der Waals surface area contributed by atoms with Crippen LogP contribution in [0.15, 0.2) is 59.0 Å². The number of nitrogens with two attached hydrogens (primary N) is 1. The summed E-state index contributed by atoms with van der Waals surface area (Å²) in [5, 5.41) is 12.8. The van der Waals surface area contributed by atoms with E-state index < -0.39 is 15.8 Å². The number of ether oxygens (including phenoxy) is 3. The second-order valence-electron chi connectivity index (χ2n) is 14.8. The van der Waals surface area contributed by atoms with Crippen LogP contribution >= 0.6 is 23.2 Å². The monoisotopic (exact) mass is 835 g/mol. The number of carbonyl (C=O) groups excluding carboxylic acids is 2. The van der Waals surface area contributed by atoms with E-state index >= 15 is 0 Å².